The zero-order valence-electron chi connectivity index (χ0n) is 10.9. The standard InChI is InChI=1S/C13H13F3N2O3/c14-13(15,16)9-21-7-4-12(20)18-11-8-10(2-1-6-19)3-5-17-11/h3,5,8,19H,4,6-7,9H2,(H,17,18,20). The van der Waals surface area contributed by atoms with Crippen LogP contribution in [0.25, 0.3) is 0 Å². The minimum atomic E-state index is -4.41. The third-order valence-electron chi connectivity index (χ3n) is 2.08. The van der Waals surface area contributed by atoms with Crippen LogP contribution in [0.2, 0.25) is 0 Å². The van der Waals surface area contributed by atoms with Crippen molar-refractivity contribution >= 4 is 11.7 Å². The summed E-state index contributed by atoms with van der Waals surface area (Å²) in [5.41, 5.74) is 0.544. The zero-order chi connectivity index (χ0) is 15.7. The van der Waals surface area contributed by atoms with Crippen LogP contribution < -0.4 is 5.32 Å². The number of anilines is 1. The summed E-state index contributed by atoms with van der Waals surface area (Å²) in [6.45, 7) is -2.01. The van der Waals surface area contributed by atoms with Gasteiger partial charge in [-0.2, -0.15) is 13.2 Å². The van der Waals surface area contributed by atoms with E-state index in [1.165, 1.54) is 12.3 Å². The number of alkyl halides is 3. The lowest BCUT2D eigenvalue weighted by molar-refractivity contribution is -0.174. The van der Waals surface area contributed by atoms with Crippen LogP contribution in [0.4, 0.5) is 19.0 Å². The van der Waals surface area contributed by atoms with Crippen molar-refractivity contribution in [3.63, 3.8) is 0 Å². The lowest BCUT2D eigenvalue weighted by Gasteiger charge is -2.07. The number of nitrogens with zero attached hydrogens (tertiary/aromatic N) is 1. The molecule has 0 unspecified atom stereocenters. The number of carbonyl (C=O) groups excluding carboxylic acids is 1. The molecule has 1 rings (SSSR count). The first kappa shape index (κ1) is 16.9. The van der Waals surface area contributed by atoms with Crippen LogP contribution >= 0.6 is 0 Å². The number of amides is 1. The third kappa shape index (κ3) is 7.91. The molecule has 0 spiro atoms. The van der Waals surface area contributed by atoms with E-state index >= 15 is 0 Å². The topological polar surface area (TPSA) is 71.5 Å². The minimum absolute atomic E-state index is 0.218. The fraction of sp³-hybridized carbons (Fsp3) is 0.385. The maximum atomic E-state index is 11.8. The lowest BCUT2D eigenvalue weighted by atomic mass is 10.2. The summed E-state index contributed by atoms with van der Waals surface area (Å²) in [6.07, 6.45) is -3.21. The summed E-state index contributed by atoms with van der Waals surface area (Å²) in [7, 11) is 0. The van der Waals surface area contributed by atoms with Crippen molar-refractivity contribution in [2.24, 2.45) is 0 Å². The number of pyridine rings is 1. The molecule has 0 aliphatic rings. The summed E-state index contributed by atoms with van der Waals surface area (Å²) in [5.74, 6) is 4.78. The second-order valence-electron chi connectivity index (χ2n) is 3.86. The average Bonchev–Trinajstić information content (AvgIpc) is 2.41. The number of nitrogens with one attached hydrogen (secondary N) is 1. The highest BCUT2D eigenvalue weighted by atomic mass is 19.4. The van der Waals surface area contributed by atoms with E-state index in [1.807, 2.05) is 0 Å². The van der Waals surface area contributed by atoms with Gasteiger partial charge >= 0.3 is 6.18 Å². The summed E-state index contributed by atoms with van der Waals surface area (Å²) < 4.78 is 39.7. The van der Waals surface area contributed by atoms with E-state index < -0.39 is 18.7 Å². The summed E-state index contributed by atoms with van der Waals surface area (Å²) in [5, 5.41) is 11.0. The largest absolute Gasteiger partial charge is 0.411 e. The predicted octanol–water partition coefficient (Wildman–Crippen LogP) is 1.33. The van der Waals surface area contributed by atoms with Crippen LogP contribution in [0.5, 0.6) is 0 Å². The van der Waals surface area contributed by atoms with E-state index in [0.717, 1.165) is 0 Å². The molecule has 2 N–H and O–H groups in total. The van der Waals surface area contributed by atoms with Gasteiger partial charge in [-0.3, -0.25) is 4.79 Å². The number of halogens is 3. The van der Waals surface area contributed by atoms with E-state index in [9.17, 15) is 18.0 Å². The maximum Gasteiger partial charge on any atom is 0.411 e. The molecule has 0 atom stereocenters. The number of rotatable bonds is 5. The molecule has 0 saturated heterocycles. The van der Waals surface area contributed by atoms with Crippen LogP contribution in [-0.2, 0) is 9.53 Å². The van der Waals surface area contributed by atoms with Gasteiger partial charge in [-0.25, -0.2) is 4.98 Å². The van der Waals surface area contributed by atoms with Gasteiger partial charge in [0, 0.05) is 11.8 Å². The van der Waals surface area contributed by atoms with Crippen LogP contribution in [0.3, 0.4) is 0 Å². The lowest BCUT2D eigenvalue weighted by Crippen LogP contribution is -2.20. The molecular weight excluding hydrogens is 289 g/mol. The van der Waals surface area contributed by atoms with E-state index in [-0.39, 0.29) is 25.5 Å². The van der Waals surface area contributed by atoms with Crippen molar-refractivity contribution in [2.75, 3.05) is 25.1 Å². The first-order chi connectivity index (χ1) is 9.90. The number of aliphatic hydroxyl groups is 1. The van der Waals surface area contributed by atoms with Gasteiger partial charge in [-0.05, 0) is 12.1 Å². The van der Waals surface area contributed by atoms with Gasteiger partial charge in [0.2, 0.25) is 5.91 Å². The fourth-order valence-electron chi connectivity index (χ4n) is 1.28. The first-order valence-corrected chi connectivity index (χ1v) is 5.91. The molecule has 0 bridgehead atoms. The van der Waals surface area contributed by atoms with Gasteiger partial charge < -0.3 is 15.2 Å². The summed E-state index contributed by atoms with van der Waals surface area (Å²) in [6, 6.07) is 3.07. The van der Waals surface area contributed by atoms with Crippen molar-refractivity contribution in [3.8, 4) is 11.8 Å². The van der Waals surface area contributed by atoms with E-state index in [4.69, 9.17) is 5.11 Å². The third-order valence-corrected chi connectivity index (χ3v) is 2.08. The Balaban J connectivity index is 2.41. The Morgan fingerprint density at radius 2 is 2.24 bits per heavy atom. The Morgan fingerprint density at radius 1 is 1.48 bits per heavy atom. The molecule has 0 aliphatic carbocycles. The molecule has 1 aromatic heterocycles. The molecule has 0 aromatic carbocycles. The quantitative estimate of drug-likeness (QED) is 0.636. The van der Waals surface area contributed by atoms with Gasteiger partial charge in [0.15, 0.2) is 0 Å². The predicted molar refractivity (Wildman–Crippen MR) is 68.3 cm³/mol. The first-order valence-electron chi connectivity index (χ1n) is 5.91. The number of ether oxygens (including phenoxy) is 1. The molecule has 114 valence electrons. The number of aromatic nitrogens is 1. The van der Waals surface area contributed by atoms with Crippen LogP contribution in [0, 0.1) is 11.8 Å². The number of carbonyl (C=O) groups is 1. The van der Waals surface area contributed by atoms with Crippen LogP contribution in [0.15, 0.2) is 18.3 Å². The number of hydrogen-bond acceptors (Lipinski definition) is 4. The Bertz CT molecular complexity index is 535. The van der Waals surface area contributed by atoms with Crippen LogP contribution in [0.1, 0.15) is 12.0 Å². The van der Waals surface area contributed by atoms with Crippen molar-refractivity contribution in [1.82, 2.24) is 4.98 Å². The summed E-state index contributed by atoms with van der Waals surface area (Å²) >= 11 is 0. The maximum absolute atomic E-state index is 11.8. The smallest absolute Gasteiger partial charge is 0.384 e. The molecule has 0 fully saturated rings. The normalized spacial score (nSPS) is 10.7. The monoisotopic (exact) mass is 302 g/mol. The van der Waals surface area contributed by atoms with Crippen molar-refractivity contribution in [3.05, 3.63) is 23.9 Å². The minimum Gasteiger partial charge on any atom is -0.384 e. The van der Waals surface area contributed by atoms with Gasteiger partial charge in [-0.15, -0.1) is 0 Å². The molecule has 21 heavy (non-hydrogen) atoms. The molecule has 0 radical (unpaired) electrons. The molecule has 1 aromatic rings. The number of aliphatic hydroxyl groups excluding tert-OH is 1. The van der Waals surface area contributed by atoms with Crippen molar-refractivity contribution in [1.29, 1.82) is 0 Å². The second-order valence-corrected chi connectivity index (χ2v) is 3.86. The molecule has 1 heterocycles. The van der Waals surface area contributed by atoms with Gasteiger partial charge in [0.25, 0.3) is 0 Å². The fourth-order valence-corrected chi connectivity index (χ4v) is 1.28. The van der Waals surface area contributed by atoms with E-state index in [2.05, 4.69) is 26.9 Å². The van der Waals surface area contributed by atoms with Crippen molar-refractivity contribution in [2.45, 2.75) is 12.6 Å². The average molecular weight is 302 g/mol. The van der Waals surface area contributed by atoms with Crippen LogP contribution in [-0.4, -0.2) is 42.0 Å². The highest BCUT2D eigenvalue weighted by molar-refractivity contribution is 5.89. The molecular formula is C13H13F3N2O3. The van der Waals surface area contributed by atoms with E-state index in [0.29, 0.717) is 5.56 Å². The number of hydrogen-bond donors (Lipinski definition) is 2. The summed E-state index contributed by atoms with van der Waals surface area (Å²) in [4.78, 5) is 15.3. The Hall–Kier alpha value is -2.11. The molecule has 0 saturated carbocycles. The van der Waals surface area contributed by atoms with Gasteiger partial charge in [0.1, 0.15) is 19.0 Å². The van der Waals surface area contributed by atoms with E-state index in [1.54, 1.807) is 6.07 Å². The highest BCUT2D eigenvalue weighted by Gasteiger charge is 2.27. The van der Waals surface area contributed by atoms with Crippen molar-refractivity contribution < 1.29 is 27.8 Å². The van der Waals surface area contributed by atoms with Gasteiger partial charge in [-0.1, -0.05) is 11.8 Å². The SMILES string of the molecule is O=C(CCOCC(F)(F)F)Nc1cc(C#CCO)ccn1. The molecule has 5 nitrogen and oxygen atoms in total. The Kier molecular flexibility index (Phi) is 6.65. The molecule has 8 heteroatoms. The highest BCUT2D eigenvalue weighted by Crippen LogP contribution is 2.14. The zero-order valence-corrected chi connectivity index (χ0v) is 10.9. The Morgan fingerprint density at radius 3 is 2.90 bits per heavy atom. The Labute approximate surface area is 119 Å². The molecule has 1 amide bonds. The molecule has 0 aliphatic heterocycles. The van der Waals surface area contributed by atoms with Gasteiger partial charge in [0.05, 0.1) is 13.0 Å². The second kappa shape index (κ2) is 8.24.